The second-order valence-corrected chi connectivity index (χ2v) is 3.78. The normalized spacial score (nSPS) is 24.1. The number of methoxy groups -OCH3 is 1. The highest BCUT2D eigenvalue weighted by atomic mass is 16.5. The van der Waals surface area contributed by atoms with Crippen molar-refractivity contribution in [1.29, 1.82) is 0 Å². The molecule has 0 aromatic heterocycles. The van der Waals surface area contributed by atoms with E-state index in [1.54, 1.807) is 7.11 Å². The van der Waals surface area contributed by atoms with Gasteiger partial charge < -0.3 is 14.3 Å². The van der Waals surface area contributed by atoms with Crippen LogP contribution in [0.3, 0.4) is 0 Å². The third-order valence-electron chi connectivity index (χ3n) is 2.69. The Morgan fingerprint density at radius 1 is 1.20 bits per heavy atom. The smallest absolute Gasteiger partial charge is 0.123 e. The average Bonchev–Trinajstić information content (AvgIpc) is 2.23. The molecule has 2 rings (SSSR count). The summed E-state index contributed by atoms with van der Waals surface area (Å²) < 4.78 is 10.7. The fraction of sp³-hybridized carbons (Fsp3) is 0.417. The minimum absolute atomic E-state index is 0.202. The van der Waals surface area contributed by atoms with E-state index >= 15 is 0 Å². The quantitative estimate of drug-likeness (QED) is 0.707. The van der Waals surface area contributed by atoms with Crippen molar-refractivity contribution in [3.05, 3.63) is 24.3 Å². The van der Waals surface area contributed by atoms with Gasteiger partial charge in [-0.2, -0.15) is 0 Å². The first kappa shape index (κ1) is 10.0. The van der Waals surface area contributed by atoms with Crippen molar-refractivity contribution in [3.63, 3.8) is 0 Å². The lowest BCUT2D eigenvalue weighted by molar-refractivity contribution is -0.116. The van der Waals surface area contributed by atoms with E-state index in [-0.39, 0.29) is 12.0 Å². The van der Waals surface area contributed by atoms with Gasteiger partial charge in [0.1, 0.15) is 23.9 Å². The first-order valence-electron chi connectivity index (χ1n) is 5.08. The number of hydrogen-bond acceptors (Lipinski definition) is 3. The highest BCUT2D eigenvalue weighted by molar-refractivity contribution is 5.55. The minimum atomic E-state index is 0.202. The van der Waals surface area contributed by atoms with Gasteiger partial charge in [0.05, 0.1) is 7.11 Å². The number of aldehydes is 1. The monoisotopic (exact) mass is 206 g/mol. The zero-order valence-electron chi connectivity index (χ0n) is 8.68. The minimum Gasteiger partial charge on any atom is -0.497 e. The molecule has 0 spiro atoms. The third kappa shape index (κ3) is 2.29. The maximum absolute atomic E-state index is 10.4. The van der Waals surface area contributed by atoms with Crippen LogP contribution in [0.2, 0.25) is 0 Å². The summed E-state index contributed by atoms with van der Waals surface area (Å²) in [7, 11) is 1.64. The van der Waals surface area contributed by atoms with Gasteiger partial charge >= 0.3 is 0 Å². The first-order valence-corrected chi connectivity index (χ1v) is 5.08. The lowest BCUT2D eigenvalue weighted by Gasteiger charge is -2.31. The van der Waals surface area contributed by atoms with Crippen molar-refractivity contribution in [3.8, 4) is 11.5 Å². The molecule has 80 valence electrons. The molecular formula is C12H14O3. The lowest BCUT2D eigenvalue weighted by Crippen LogP contribution is -2.34. The SMILES string of the molecule is COc1ccc(OC2CC(C=O)C2)cc1. The predicted octanol–water partition coefficient (Wildman–Crippen LogP) is 2.05. The Morgan fingerprint density at radius 3 is 2.33 bits per heavy atom. The average molecular weight is 206 g/mol. The van der Waals surface area contributed by atoms with E-state index < -0.39 is 0 Å². The number of ether oxygens (including phenoxy) is 2. The fourth-order valence-electron chi connectivity index (χ4n) is 1.66. The summed E-state index contributed by atoms with van der Waals surface area (Å²) in [6, 6.07) is 7.50. The van der Waals surface area contributed by atoms with Gasteiger partial charge in [-0.15, -0.1) is 0 Å². The molecule has 1 saturated carbocycles. The molecule has 0 atom stereocenters. The summed E-state index contributed by atoms with van der Waals surface area (Å²) in [4.78, 5) is 10.4. The number of hydrogen-bond donors (Lipinski definition) is 0. The molecule has 15 heavy (non-hydrogen) atoms. The summed E-state index contributed by atoms with van der Waals surface area (Å²) in [5, 5.41) is 0. The highest BCUT2D eigenvalue weighted by Crippen LogP contribution is 2.30. The molecule has 0 saturated heterocycles. The Kier molecular flexibility index (Phi) is 2.90. The topological polar surface area (TPSA) is 35.5 Å². The van der Waals surface area contributed by atoms with Crippen LogP contribution in [0.15, 0.2) is 24.3 Å². The Balaban J connectivity index is 1.86. The van der Waals surface area contributed by atoms with Gasteiger partial charge in [0.25, 0.3) is 0 Å². The van der Waals surface area contributed by atoms with Crippen molar-refractivity contribution in [1.82, 2.24) is 0 Å². The van der Waals surface area contributed by atoms with Crippen molar-refractivity contribution in [2.24, 2.45) is 5.92 Å². The molecule has 3 nitrogen and oxygen atoms in total. The van der Waals surface area contributed by atoms with Gasteiger partial charge in [0.2, 0.25) is 0 Å². The zero-order chi connectivity index (χ0) is 10.7. The molecular weight excluding hydrogens is 192 g/mol. The lowest BCUT2D eigenvalue weighted by atomic mass is 9.83. The van der Waals surface area contributed by atoms with Crippen molar-refractivity contribution >= 4 is 6.29 Å². The number of carbonyl (C=O) groups excluding carboxylic acids is 1. The molecule has 1 aliphatic rings. The standard InChI is InChI=1S/C12H14O3/c1-14-10-2-4-11(5-3-10)15-12-6-9(7-12)8-13/h2-5,8-9,12H,6-7H2,1H3. The van der Waals surface area contributed by atoms with Gasteiger partial charge in [0, 0.05) is 5.92 Å². The van der Waals surface area contributed by atoms with E-state index in [0.717, 1.165) is 30.6 Å². The van der Waals surface area contributed by atoms with Gasteiger partial charge in [-0.3, -0.25) is 0 Å². The number of carbonyl (C=O) groups is 1. The molecule has 0 radical (unpaired) electrons. The van der Waals surface area contributed by atoms with Crippen LogP contribution in [0.4, 0.5) is 0 Å². The van der Waals surface area contributed by atoms with Crippen molar-refractivity contribution in [2.45, 2.75) is 18.9 Å². The molecule has 1 aromatic carbocycles. The molecule has 3 heteroatoms. The van der Waals surface area contributed by atoms with Crippen LogP contribution in [0.5, 0.6) is 11.5 Å². The third-order valence-corrected chi connectivity index (χ3v) is 2.69. The van der Waals surface area contributed by atoms with Crippen LogP contribution < -0.4 is 9.47 Å². The molecule has 0 amide bonds. The predicted molar refractivity (Wildman–Crippen MR) is 56.2 cm³/mol. The van der Waals surface area contributed by atoms with Crippen LogP contribution in [0.25, 0.3) is 0 Å². The van der Waals surface area contributed by atoms with Crippen LogP contribution in [0, 0.1) is 5.92 Å². The van der Waals surface area contributed by atoms with Crippen LogP contribution in [-0.2, 0) is 4.79 Å². The molecule has 0 N–H and O–H groups in total. The molecule has 1 fully saturated rings. The summed E-state index contributed by atoms with van der Waals surface area (Å²) >= 11 is 0. The summed E-state index contributed by atoms with van der Waals surface area (Å²) in [6.45, 7) is 0. The molecule has 0 heterocycles. The molecule has 0 aliphatic heterocycles. The maximum atomic E-state index is 10.4. The van der Waals surface area contributed by atoms with E-state index in [9.17, 15) is 4.79 Å². The Labute approximate surface area is 89.0 Å². The largest absolute Gasteiger partial charge is 0.497 e. The zero-order valence-corrected chi connectivity index (χ0v) is 8.68. The van der Waals surface area contributed by atoms with Crippen LogP contribution in [0.1, 0.15) is 12.8 Å². The Hall–Kier alpha value is -1.51. The van der Waals surface area contributed by atoms with Gasteiger partial charge in [-0.1, -0.05) is 0 Å². The first-order chi connectivity index (χ1) is 7.31. The molecule has 0 bridgehead atoms. The van der Waals surface area contributed by atoms with Crippen LogP contribution in [-0.4, -0.2) is 19.5 Å². The van der Waals surface area contributed by atoms with Crippen molar-refractivity contribution < 1.29 is 14.3 Å². The summed E-state index contributed by atoms with van der Waals surface area (Å²) in [5.41, 5.74) is 0. The van der Waals surface area contributed by atoms with Gasteiger partial charge in [0.15, 0.2) is 0 Å². The maximum Gasteiger partial charge on any atom is 0.123 e. The Morgan fingerprint density at radius 2 is 1.80 bits per heavy atom. The van der Waals surface area contributed by atoms with E-state index in [1.807, 2.05) is 24.3 Å². The fourth-order valence-corrected chi connectivity index (χ4v) is 1.66. The van der Waals surface area contributed by atoms with Gasteiger partial charge in [-0.25, -0.2) is 0 Å². The van der Waals surface area contributed by atoms with Crippen LogP contribution >= 0.6 is 0 Å². The number of rotatable bonds is 4. The van der Waals surface area contributed by atoms with E-state index in [2.05, 4.69) is 0 Å². The highest BCUT2D eigenvalue weighted by Gasteiger charge is 2.30. The molecule has 1 aliphatic carbocycles. The Bertz CT molecular complexity index is 325. The van der Waals surface area contributed by atoms with E-state index in [4.69, 9.17) is 9.47 Å². The van der Waals surface area contributed by atoms with Gasteiger partial charge in [-0.05, 0) is 37.1 Å². The van der Waals surface area contributed by atoms with Crippen molar-refractivity contribution in [2.75, 3.05) is 7.11 Å². The van der Waals surface area contributed by atoms with E-state index in [1.165, 1.54) is 0 Å². The molecule has 0 unspecified atom stereocenters. The molecule has 1 aromatic rings. The van der Waals surface area contributed by atoms with E-state index in [0.29, 0.717) is 0 Å². The summed E-state index contributed by atoms with van der Waals surface area (Å²) in [5.74, 6) is 1.86. The second-order valence-electron chi connectivity index (χ2n) is 3.78. The second kappa shape index (κ2) is 4.34. The number of benzene rings is 1. The summed E-state index contributed by atoms with van der Waals surface area (Å²) in [6.07, 6.45) is 2.90.